The highest BCUT2D eigenvalue weighted by atomic mass is 35.5. The summed E-state index contributed by atoms with van der Waals surface area (Å²) in [6.45, 7) is 9.42. The number of rotatable bonds is 9. The van der Waals surface area contributed by atoms with E-state index < -0.39 is 6.04 Å². The average Bonchev–Trinajstić information content (AvgIpc) is 2.69. The first-order valence-corrected chi connectivity index (χ1v) is 11.1. The summed E-state index contributed by atoms with van der Waals surface area (Å²) in [6.07, 6.45) is 0.440. The molecular weight excluding hydrogens is 435 g/mol. The van der Waals surface area contributed by atoms with Crippen molar-refractivity contribution in [3.8, 4) is 5.75 Å². The Hall–Kier alpha value is -2.24. The van der Waals surface area contributed by atoms with E-state index in [4.69, 9.17) is 27.9 Å². The molecule has 1 atom stereocenters. The van der Waals surface area contributed by atoms with Gasteiger partial charge in [-0.2, -0.15) is 0 Å². The van der Waals surface area contributed by atoms with Crippen LogP contribution in [0.15, 0.2) is 36.4 Å². The molecule has 2 amide bonds. The van der Waals surface area contributed by atoms with Crippen LogP contribution in [0.2, 0.25) is 10.0 Å². The predicted molar refractivity (Wildman–Crippen MR) is 126 cm³/mol. The van der Waals surface area contributed by atoms with Crippen molar-refractivity contribution < 1.29 is 14.3 Å². The molecule has 0 aromatic heterocycles. The van der Waals surface area contributed by atoms with Gasteiger partial charge in [0, 0.05) is 28.2 Å². The highest BCUT2D eigenvalue weighted by molar-refractivity contribution is 6.36. The van der Waals surface area contributed by atoms with Gasteiger partial charge in [-0.25, -0.2) is 0 Å². The molecule has 0 bridgehead atoms. The number of amides is 2. The second kappa shape index (κ2) is 11.4. The summed E-state index contributed by atoms with van der Waals surface area (Å²) < 4.78 is 5.83. The van der Waals surface area contributed by atoms with Gasteiger partial charge >= 0.3 is 0 Å². The van der Waals surface area contributed by atoms with E-state index in [9.17, 15) is 9.59 Å². The maximum absolute atomic E-state index is 13.3. The fourth-order valence-corrected chi connectivity index (χ4v) is 3.76. The Kier molecular flexibility index (Phi) is 9.20. The molecule has 31 heavy (non-hydrogen) atoms. The Morgan fingerprint density at radius 3 is 2.32 bits per heavy atom. The van der Waals surface area contributed by atoms with Gasteiger partial charge in [-0.3, -0.25) is 9.59 Å². The molecule has 2 rings (SSSR count). The number of hydrogen-bond acceptors (Lipinski definition) is 3. The molecule has 1 N–H and O–H groups in total. The Bertz CT molecular complexity index is 911. The monoisotopic (exact) mass is 464 g/mol. The third kappa shape index (κ3) is 6.88. The van der Waals surface area contributed by atoms with Gasteiger partial charge in [-0.15, -0.1) is 0 Å². The lowest BCUT2D eigenvalue weighted by molar-refractivity contribution is -0.143. The van der Waals surface area contributed by atoms with Gasteiger partial charge in [0.15, 0.2) is 6.61 Å². The Morgan fingerprint density at radius 1 is 1.10 bits per heavy atom. The number of carbonyl (C=O) groups is 2. The number of nitrogens with one attached hydrogen (secondary N) is 1. The van der Waals surface area contributed by atoms with Crippen LogP contribution in [-0.4, -0.2) is 35.4 Å². The van der Waals surface area contributed by atoms with E-state index in [2.05, 4.69) is 5.32 Å². The van der Waals surface area contributed by atoms with Crippen molar-refractivity contribution >= 4 is 35.0 Å². The minimum Gasteiger partial charge on any atom is -0.483 e. The lowest BCUT2D eigenvalue weighted by Crippen LogP contribution is -2.51. The molecule has 0 radical (unpaired) electrons. The number of aryl methyl sites for hydroxylation is 2. The van der Waals surface area contributed by atoms with Gasteiger partial charge in [0.2, 0.25) is 5.91 Å². The lowest BCUT2D eigenvalue weighted by atomic mass is 10.1. The molecule has 168 valence electrons. The van der Waals surface area contributed by atoms with E-state index in [-0.39, 0.29) is 31.0 Å². The van der Waals surface area contributed by atoms with Crippen LogP contribution < -0.4 is 10.1 Å². The van der Waals surface area contributed by atoms with E-state index in [1.807, 2.05) is 52.8 Å². The summed E-state index contributed by atoms with van der Waals surface area (Å²) in [5.41, 5.74) is 2.57. The number of halogens is 2. The molecule has 0 spiro atoms. The van der Waals surface area contributed by atoms with Gasteiger partial charge in [0.05, 0.1) is 0 Å². The Labute approximate surface area is 194 Å². The topological polar surface area (TPSA) is 58.6 Å². The van der Waals surface area contributed by atoms with Crippen LogP contribution in [0.5, 0.6) is 5.75 Å². The first kappa shape index (κ1) is 25.0. The molecule has 0 saturated carbocycles. The van der Waals surface area contributed by atoms with Crippen molar-refractivity contribution in [2.45, 2.75) is 59.7 Å². The number of ether oxygens (including phenoxy) is 1. The number of carbonyl (C=O) groups excluding carboxylic acids is 2. The molecule has 0 unspecified atom stereocenters. The average molecular weight is 465 g/mol. The maximum atomic E-state index is 13.3. The van der Waals surface area contributed by atoms with E-state index >= 15 is 0 Å². The standard InChI is InChI=1S/C24H30Cl2N2O3/c1-6-21(24(30)27-15(2)3)28(13-18-19(25)8-7-9-20(18)26)23(29)14-31-22-12-16(4)10-11-17(22)5/h7-12,15,21H,6,13-14H2,1-5H3,(H,27,30)/t21-/m0/s1. The summed E-state index contributed by atoms with van der Waals surface area (Å²) in [6, 6.07) is 10.3. The third-order valence-corrected chi connectivity index (χ3v) is 5.61. The molecule has 5 nitrogen and oxygen atoms in total. The van der Waals surface area contributed by atoms with Crippen LogP contribution in [0.25, 0.3) is 0 Å². The van der Waals surface area contributed by atoms with Crippen LogP contribution >= 0.6 is 23.2 Å². The Morgan fingerprint density at radius 2 is 1.74 bits per heavy atom. The van der Waals surface area contributed by atoms with Gasteiger partial charge in [-0.1, -0.05) is 48.3 Å². The number of hydrogen-bond donors (Lipinski definition) is 1. The van der Waals surface area contributed by atoms with Crippen molar-refractivity contribution in [1.29, 1.82) is 0 Å². The lowest BCUT2D eigenvalue weighted by Gasteiger charge is -2.31. The van der Waals surface area contributed by atoms with Crippen molar-refractivity contribution in [3.63, 3.8) is 0 Å². The summed E-state index contributed by atoms with van der Waals surface area (Å²) in [4.78, 5) is 27.6. The van der Waals surface area contributed by atoms with Gasteiger partial charge in [0.1, 0.15) is 11.8 Å². The summed E-state index contributed by atoms with van der Waals surface area (Å²) >= 11 is 12.7. The zero-order valence-corrected chi connectivity index (χ0v) is 20.2. The van der Waals surface area contributed by atoms with E-state index in [0.29, 0.717) is 27.8 Å². The highest BCUT2D eigenvalue weighted by Gasteiger charge is 2.30. The zero-order valence-electron chi connectivity index (χ0n) is 18.7. The summed E-state index contributed by atoms with van der Waals surface area (Å²) in [7, 11) is 0. The van der Waals surface area contributed by atoms with Gasteiger partial charge < -0.3 is 15.0 Å². The molecule has 0 aliphatic heterocycles. The van der Waals surface area contributed by atoms with Gasteiger partial charge in [-0.05, 0) is 63.4 Å². The largest absolute Gasteiger partial charge is 0.483 e. The molecule has 0 fully saturated rings. The van der Waals surface area contributed by atoms with Gasteiger partial charge in [0.25, 0.3) is 5.91 Å². The fraction of sp³-hybridized carbons (Fsp3) is 0.417. The molecule has 0 saturated heterocycles. The number of benzene rings is 2. The summed E-state index contributed by atoms with van der Waals surface area (Å²) in [5.74, 6) is 0.104. The molecule has 2 aromatic carbocycles. The fourth-order valence-electron chi connectivity index (χ4n) is 3.24. The molecule has 0 aliphatic rings. The van der Waals surface area contributed by atoms with Crippen LogP contribution in [-0.2, 0) is 16.1 Å². The molecule has 7 heteroatoms. The maximum Gasteiger partial charge on any atom is 0.261 e. The van der Waals surface area contributed by atoms with Crippen molar-refractivity contribution in [2.24, 2.45) is 0 Å². The smallest absolute Gasteiger partial charge is 0.261 e. The quantitative estimate of drug-likeness (QED) is 0.545. The molecule has 2 aromatic rings. The van der Waals surface area contributed by atoms with Crippen molar-refractivity contribution in [3.05, 3.63) is 63.1 Å². The minimum absolute atomic E-state index is 0.0476. The predicted octanol–water partition coefficient (Wildman–Crippen LogP) is 5.32. The molecule has 0 aliphatic carbocycles. The second-order valence-corrected chi connectivity index (χ2v) is 8.68. The normalized spacial score (nSPS) is 11.9. The molecular formula is C24H30Cl2N2O3. The molecule has 0 heterocycles. The van der Waals surface area contributed by atoms with Crippen molar-refractivity contribution in [2.75, 3.05) is 6.61 Å². The van der Waals surface area contributed by atoms with Crippen molar-refractivity contribution in [1.82, 2.24) is 10.2 Å². The van der Waals surface area contributed by atoms with Crippen LogP contribution in [0.3, 0.4) is 0 Å². The van der Waals surface area contributed by atoms with Crippen LogP contribution in [0, 0.1) is 13.8 Å². The number of nitrogens with zero attached hydrogens (tertiary/aromatic N) is 1. The van der Waals surface area contributed by atoms with Crippen LogP contribution in [0.4, 0.5) is 0 Å². The SMILES string of the molecule is CC[C@@H](C(=O)NC(C)C)N(Cc1c(Cl)cccc1Cl)C(=O)COc1cc(C)ccc1C. The first-order chi connectivity index (χ1) is 14.6. The minimum atomic E-state index is -0.676. The third-order valence-electron chi connectivity index (χ3n) is 4.90. The first-order valence-electron chi connectivity index (χ1n) is 10.4. The second-order valence-electron chi connectivity index (χ2n) is 7.87. The van der Waals surface area contributed by atoms with E-state index in [1.54, 1.807) is 18.2 Å². The van der Waals surface area contributed by atoms with E-state index in [1.165, 1.54) is 4.90 Å². The Balaban J connectivity index is 2.31. The van der Waals surface area contributed by atoms with Crippen LogP contribution in [0.1, 0.15) is 43.9 Å². The van der Waals surface area contributed by atoms with E-state index in [0.717, 1.165) is 11.1 Å². The zero-order chi connectivity index (χ0) is 23.1. The highest BCUT2D eigenvalue weighted by Crippen LogP contribution is 2.27. The summed E-state index contributed by atoms with van der Waals surface area (Å²) in [5, 5.41) is 3.78.